The van der Waals surface area contributed by atoms with Gasteiger partial charge in [-0.05, 0) is 12.1 Å². The minimum absolute atomic E-state index is 0.139. The van der Waals surface area contributed by atoms with Crippen molar-refractivity contribution in [1.82, 2.24) is 5.32 Å². The minimum atomic E-state index is -0.539. The predicted octanol–water partition coefficient (Wildman–Crippen LogP) is 0.728. The zero-order valence-electron chi connectivity index (χ0n) is 9.47. The Kier molecular flexibility index (Phi) is 3.85. The van der Waals surface area contributed by atoms with Gasteiger partial charge >= 0.3 is 0 Å². The lowest BCUT2D eigenvalue weighted by Crippen LogP contribution is -2.49. The van der Waals surface area contributed by atoms with E-state index in [-0.39, 0.29) is 11.8 Å². The quantitative estimate of drug-likeness (QED) is 0.822. The number of benzene rings is 1. The van der Waals surface area contributed by atoms with Gasteiger partial charge in [0.2, 0.25) is 11.8 Å². The van der Waals surface area contributed by atoms with E-state index in [1.165, 1.54) is 11.8 Å². The Morgan fingerprint density at radius 3 is 3.00 bits per heavy atom. The van der Waals surface area contributed by atoms with Crippen LogP contribution in [0.25, 0.3) is 0 Å². The molecule has 1 aromatic carbocycles. The zero-order chi connectivity index (χ0) is 13.0. The third-order valence-electron chi connectivity index (χ3n) is 2.47. The lowest BCUT2D eigenvalue weighted by atomic mass is 10.2. The number of carbonyl (C=O) groups excluding carboxylic acids is 2. The van der Waals surface area contributed by atoms with Crippen molar-refractivity contribution in [1.29, 1.82) is 5.26 Å². The Bertz CT molecular complexity index is 524. The molecule has 2 amide bonds. The molecule has 1 aliphatic heterocycles. The molecule has 18 heavy (non-hydrogen) atoms. The Labute approximate surface area is 109 Å². The van der Waals surface area contributed by atoms with Gasteiger partial charge in [0.1, 0.15) is 12.1 Å². The Balaban J connectivity index is 2.07. The largest absolute Gasteiger partial charge is 0.343 e. The molecule has 0 spiro atoms. The molecular formula is C12H11N3O2S. The van der Waals surface area contributed by atoms with Crippen LogP contribution in [0, 0.1) is 11.3 Å². The zero-order valence-corrected chi connectivity index (χ0v) is 10.3. The molecule has 5 nitrogen and oxygen atoms in total. The number of para-hydroxylation sites is 1. The van der Waals surface area contributed by atoms with Crippen molar-refractivity contribution >= 4 is 29.3 Å². The molecule has 2 N–H and O–H groups in total. The summed E-state index contributed by atoms with van der Waals surface area (Å²) in [5.74, 6) is 0.503. The highest BCUT2D eigenvalue weighted by Gasteiger charge is 2.25. The van der Waals surface area contributed by atoms with Crippen molar-refractivity contribution in [3.05, 3.63) is 29.8 Å². The third-order valence-corrected chi connectivity index (χ3v) is 3.51. The van der Waals surface area contributed by atoms with Gasteiger partial charge in [0, 0.05) is 5.75 Å². The average Bonchev–Trinajstić information content (AvgIpc) is 2.39. The molecule has 92 valence electrons. The molecule has 0 radical (unpaired) electrons. The maximum absolute atomic E-state index is 11.9. The van der Waals surface area contributed by atoms with E-state index in [1.54, 1.807) is 24.3 Å². The van der Waals surface area contributed by atoms with Crippen LogP contribution < -0.4 is 10.6 Å². The van der Waals surface area contributed by atoms with E-state index in [2.05, 4.69) is 10.6 Å². The van der Waals surface area contributed by atoms with E-state index in [9.17, 15) is 9.59 Å². The number of anilines is 1. The van der Waals surface area contributed by atoms with E-state index >= 15 is 0 Å². The lowest BCUT2D eigenvalue weighted by molar-refractivity contribution is -0.124. The highest BCUT2D eigenvalue weighted by molar-refractivity contribution is 8.00. The number of hydrogen-bond donors (Lipinski definition) is 2. The second-order valence-electron chi connectivity index (χ2n) is 3.78. The van der Waals surface area contributed by atoms with Crippen molar-refractivity contribution < 1.29 is 9.59 Å². The first-order valence-electron chi connectivity index (χ1n) is 5.38. The van der Waals surface area contributed by atoms with Crippen molar-refractivity contribution in [2.45, 2.75) is 6.04 Å². The number of hydrogen-bond acceptors (Lipinski definition) is 4. The summed E-state index contributed by atoms with van der Waals surface area (Å²) >= 11 is 1.42. The van der Waals surface area contributed by atoms with Crippen LogP contribution in [0.3, 0.4) is 0 Å². The summed E-state index contributed by atoms with van der Waals surface area (Å²) in [4.78, 5) is 23.1. The highest BCUT2D eigenvalue weighted by Crippen LogP contribution is 2.15. The van der Waals surface area contributed by atoms with Gasteiger partial charge in [-0.15, -0.1) is 11.8 Å². The predicted molar refractivity (Wildman–Crippen MR) is 69.0 cm³/mol. The minimum Gasteiger partial charge on any atom is -0.343 e. The van der Waals surface area contributed by atoms with Gasteiger partial charge in [0.25, 0.3) is 0 Å². The van der Waals surface area contributed by atoms with Crippen molar-refractivity contribution in [3.8, 4) is 6.07 Å². The number of nitrogens with zero attached hydrogens (tertiary/aromatic N) is 1. The molecule has 0 bridgehead atoms. The van der Waals surface area contributed by atoms with E-state index in [4.69, 9.17) is 5.26 Å². The van der Waals surface area contributed by atoms with Gasteiger partial charge in [0.15, 0.2) is 0 Å². The second kappa shape index (κ2) is 5.56. The van der Waals surface area contributed by atoms with Gasteiger partial charge in [-0.25, -0.2) is 0 Å². The SMILES string of the molecule is N#Cc1ccccc1NC(=O)C1CSCC(=O)N1. The van der Waals surface area contributed by atoms with Crippen molar-refractivity contribution in [3.63, 3.8) is 0 Å². The molecule has 0 aromatic heterocycles. The highest BCUT2D eigenvalue weighted by atomic mass is 32.2. The molecule has 1 heterocycles. The van der Waals surface area contributed by atoms with Gasteiger partial charge in [-0.2, -0.15) is 5.26 Å². The summed E-state index contributed by atoms with van der Waals surface area (Å²) in [5.41, 5.74) is 0.871. The first-order chi connectivity index (χ1) is 8.70. The van der Waals surface area contributed by atoms with Gasteiger partial charge in [-0.3, -0.25) is 9.59 Å². The standard InChI is InChI=1S/C12H11N3O2S/c13-5-8-3-1-2-4-9(8)15-12(17)10-6-18-7-11(16)14-10/h1-4,10H,6-7H2,(H,14,16)(H,15,17). The smallest absolute Gasteiger partial charge is 0.247 e. The number of amides is 2. The molecule has 0 saturated carbocycles. The first kappa shape index (κ1) is 12.5. The summed E-state index contributed by atoms with van der Waals surface area (Å²) in [6.07, 6.45) is 0. The topological polar surface area (TPSA) is 82.0 Å². The van der Waals surface area contributed by atoms with Gasteiger partial charge in [0.05, 0.1) is 17.0 Å². The van der Waals surface area contributed by atoms with Crippen LogP contribution in [0.5, 0.6) is 0 Å². The summed E-state index contributed by atoms with van der Waals surface area (Å²) < 4.78 is 0. The van der Waals surface area contributed by atoms with Crippen molar-refractivity contribution in [2.75, 3.05) is 16.8 Å². The maximum Gasteiger partial charge on any atom is 0.247 e. The fourth-order valence-corrected chi connectivity index (χ4v) is 2.45. The molecule has 1 aromatic rings. The number of carbonyl (C=O) groups is 2. The normalized spacial score (nSPS) is 18.6. The molecule has 1 fully saturated rings. The fraction of sp³-hybridized carbons (Fsp3) is 0.250. The molecule has 0 aliphatic carbocycles. The van der Waals surface area contributed by atoms with Crippen LogP contribution in [0.15, 0.2) is 24.3 Å². The van der Waals surface area contributed by atoms with E-state index < -0.39 is 6.04 Å². The fourth-order valence-electron chi connectivity index (χ4n) is 1.60. The second-order valence-corrected chi connectivity index (χ2v) is 4.81. The van der Waals surface area contributed by atoms with Crippen molar-refractivity contribution in [2.24, 2.45) is 0 Å². The Morgan fingerprint density at radius 1 is 1.50 bits per heavy atom. The summed E-state index contributed by atoms with van der Waals surface area (Å²) in [6.45, 7) is 0. The first-order valence-corrected chi connectivity index (χ1v) is 6.53. The van der Waals surface area contributed by atoms with Crippen LogP contribution in [-0.2, 0) is 9.59 Å². The Morgan fingerprint density at radius 2 is 2.28 bits per heavy atom. The number of thioether (sulfide) groups is 1. The summed E-state index contributed by atoms with van der Waals surface area (Å²) in [6, 6.07) is 8.23. The maximum atomic E-state index is 11.9. The molecule has 1 aliphatic rings. The molecule has 6 heteroatoms. The van der Waals surface area contributed by atoms with Gasteiger partial charge < -0.3 is 10.6 Å². The van der Waals surface area contributed by atoms with E-state index in [0.717, 1.165) is 0 Å². The molecular weight excluding hydrogens is 250 g/mol. The number of nitrogens with one attached hydrogen (secondary N) is 2. The van der Waals surface area contributed by atoms with Gasteiger partial charge in [-0.1, -0.05) is 12.1 Å². The monoisotopic (exact) mass is 261 g/mol. The molecule has 1 atom stereocenters. The van der Waals surface area contributed by atoms with E-state index in [1.807, 2.05) is 6.07 Å². The summed E-state index contributed by atoms with van der Waals surface area (Å²) in [5, 5.41) is 14.2. The van der Waals surface area contributed by atoms with Crippen LogP contribution in [0.2, 0.25) is 0 Å². The van der Waals surface area contributed by atoms with Crippen LogP contribution in [0.4, 0.5) is 5.69 Å². The van der Waals surface area contributed by atoms with Crippen LogP contribution >= 0.6 is 11.8 Å². The number of nitriles is 1. The molecule has 2 rings (SSSR count). The summed E-state index contributed by atoms with van der Waals surface area (Å²) in [7, 11) is 0. The Hall–Kier alpha value is -2.00. The average molecular weight is 261 g/mol. The van der Waals surface area contributed by atoms with Crippen LogP contribution in [-0.4, -0.2) is 29.4 Å². The molecule has 1 unspecified atom stereocenters. The third kappa shape index (κ3) is 2.81. The number of rotatable bonds is 2. The van der Waals surface area contributed by atoms with Crippen LogP contribution in [0.1, 0.15) is 5.56 Å². The lowest BCUT2D eigenvalue weighted by Gasteiger charge is -2.22. The molecule has 1 saturated heterocycles. The van der Waals surface area contributed by atoms with E-state index in [0.29, 0.717) is 22.8 Å².